The van der Waals surface area contributed by atoms with Gasteiger partial charge in [-0.3, -0.25) is 19.2 Å². The number of likely N-dealkylation sites (N-methyl/N-ethyl adjacent to an activating group) is 2. The maximum Gasteiger partial charge on any atom is 0.323 e. The van der Waals surface area contributed by atoms with Crippen LogP contribution >= 0.6 is 21.6 Å². The van der Waals surface area contributed by atoms with Crippen molar-refractivity contribution in [3.63, 3.8) is 0 Å². The highest BCUT2D eigenvalue weighted by Gasteiger charge is 2.08. The van der Waals surface area contributed by atoms with E-state index in [9.17, 15) is 19.2 Å². The minimum atomic E-state index is -0.868. The molecule has 0 spiro atoms. The first kappa shape index (κ1) is 46.0. The summed E-state index contributed by atoms with van der Waals surface area (Å²) in [7, 11) is 6.88. The quantitative estimate of drug-likeness (QED) is 0.0431. The smallest absolute Gasteiger partial charge is 0.323 e. The van der Waals surface area contributed by atoms with Gasteiger partial charge in [0.1, 0.15) is 19.6 Å². The van der Waals surface area contributed by atoms with Gasteiger partial charge >= 0.3 is 11.9 Å². The van der Waals surface area contributed by atoms with Gasteiger partial charge in [-0.05, 0) is 65.1 Å². The number of aliphatic carboxylic acids is 2. The molecule has 0 unspecified atom stereocenters. The molecule has 2 heterocycles. The molecule has 0 bridgehead atoms. The van der Waals surface area contributed by atoms with E-state index in [-0.39, 0.29) is 24.9 Å². The number of allylic oxidation sites excluding steroid dienone is 5. The summed E-state index contributed by atoms with van der Waals surface area (Å²) in [5.41, 5.74) is 5.83. The molecule has 0 fully saturated rings. The van der Waals surface area contributed by atoms with Crippen LogP contribution in [0.1, 0.15) is 42.4 Å². The number of pyridine rings is 1. The number of benzene rings is 2. The van der Waals surface area contributed by atoms with E-state index in [1.165, 1.54) is 0 Å². The van der Waals surface area contributed by atoms with E-state index >= 15 is 0 Å². The van der Waals surface area contributed by atoms with Crippen molar-refractivity contribution in [2.24, 2.45) is 0 Å². The van der Waals surface area contributed by atoms with E-state index in [4.69, 9.17) is 10.2 Å². The Labute approximate surface area is 355 Å². The van der Waals surface area contributed by atoms with E-state index in [0.29, 0.717) is 25.9 Å². The third-order valence-electron chi connectivity index (χ3n) is 9.03. The monoisotopic (exact) mass is 839 g/mol. The number of nitrogens with zero attached hydrogens (tertiary/aromatic N) is 4. The molecular weight excluding hydrogens is 785 g/mol. The second kappa shape index (κ2) is 25.6. The molecule has 59 heavy (non-hydrogen) atoms. The summed E-state index contributed by atoms with van der Waals surface area (Å²) in [6.07, 6.45) is 24.6. The Bertz CT molecular complexity index is 1960. The Kier molecular flexibility index (Phi) is 19.9. The van der Waals surface area contributed by atoms with Gasteiger partial charge in [-0.25, -0.2) is 4.57 Å². The summed E-state index contributed by atoms with van der Waals surface area (Å²) in [6.45, 7) is 2.59. The number of aromatic nitrogens is 1. The number of nitrogens with one attached hydrogen (secondary N) is 2. The maximum atomic E-state index is 12.4. The lowest BCUT2D eigenvalue weighted by atomic mass is 10.1. The summed E-state index contributed by atoms with van der Waals surface area (Å²) in [6, 6.07) is 19.5. The SMILES string of the molecule is CN(CC(=O)O)c1ccc(/C=C/C2=CC=CN(CCCC(=O)NCCSSCCNC(=O)CCC[n+]3ccc(/C=C/c4ccc(N(C)CC(=O)O)cc4)cc3)C=C2)cc1. The number of hydrogen-bond acceptors (Lipinski definition) is 9. The van der Waals surface area contributed by atoms with Crippen LogP contribution in [0.5, 0.6) is 0 Å². The van der Waals surface area contributed by atoms with Gasteiger partial charge in [0.15, 0.2) is 12.4 Å². The van der Waals surface area contributed by atoms with Crippen molar-refractivity contribution in [1.29, 1.82) is 0 Å². The highest BCUT2D eigenvalue weighted by atomic mass is 33.1. The molecule has 1 aliphatic rings. The van der Waals surface area contributed by atoms with Crippen LogP contribution in [-0.4, -0.2) is 97.2 Å². The van der Waals surface area contributed by atoms with Gasteiger partial charge in [0, 0.05) is 100 Å². The molecule has 0 saturated carbocycles. The molecule has 312 valence electrons. The number of carboxylic acid groups (broad SMARTS) is 2. The molecule has 14 heteroatoms. The van der Waals surface area contributed by atoms with Crippen LogP contribution in [0.15, 0.2) is 115 Å². The number of carboxylic acids is 2. The van der Waals surface area contributed by atoms with Crippen LogP contribution in [0.3, 0.4) is 0 Å². The first-order chi connectivity index (χ1) is 28.5. The summed E-state index contributed by atoms with van der Waals surface area (Å²) in [5, 5.41) is 23.9. The zero-order valence-electron chi connectivity index (χ0n) is 33.7. The van der Waals surface area contributed by atoms with Gasteiger partial charge in [0.05, 0.1) is 0 Å². The molecule has 1 aromatic heterocycles. The van der Waals surface area contributed by atoms with E-state index in [0.717, 1.165) is 71.1 Å². The zero-order valence-corrected chi connectivity index (χ0v) is 35.4. The summed E-state index contributed by atoms with van der Waals surface area (Å²) >= 11 is 0. The molecule has 4 N–H and O–H groups in total. The number of carbonyl (C=O) groups is 4. The van der Waals surface area contributed by atoms with E-state index in [1.54, 1.807) is 45.5 Å². The van der Waals surface area contributed by atoms with Crippen LogP contribution in [-0.2, 0) is 25.7 Å². The van der Waals surface area contributed by atoms with Crippen molar-refractivity contribution < 1.29 is 34.0 Å². The first-order valence-electron chi connectivity index (χ1n) is 19.6. The van der Waals surface area contributed by atoms with Gasteiger partial charge in [0.2, 0.25) is 11.8 Å². The predicted molar refractivity (Wildman–Crippen MR) is 242 cm³/mol. The van der Waals surface area contributed by atoms with Crippen LogP contribution in [0, 0.1) is 0 Å². The van der Waals surface area contributed by atoms with Gasteiger partial charge in [-0.2, -0.15) is 0 Å². The molecule has 2 aromatic carbocycles. The maximum absolute atomic E-state index is 12.4. The number of anilines is 2. The van der Waals surface area contributed by atoms with Crippen molar-refractivity contribution in [3.8, 4) is 0 Å². The van der Waals surface area contributed by atoms with E-state index in [2.05, 4.69) is 20.1 Å². The average molecular weight is 840 g/mol. The molecular formula is C45H55N6O6S2+. The third-order valence-corrected chi connectivity index (χ3v) is 11.4. The van der Waals surface area contributed by atoms with Crippen molar-refractivity contribution in [3.05, 3.63) is 132 Å². The fourth-order valence-electron chi connectivity index (χ4n) is 5.80. The number of rotatable bonds is 25. The van der Waals surface area contributed by atoms with Crippen molar-refractivity contribution in [2.75, 3.05) is 68.1 Å². The van der Waals surface area contributed by atoms with Crippen LogP contribution in [0.25, 0.3) is 18.2 Å². The van der Waals surface area contributed by atoms with Gasteiger partial charge in [-0.15, -0.1) is 0 Å². The molecule has 3 aromatic rings. The highest BCUT2D eigenvalue weighted by molar-refractivity contribution is 8.76. The van der Waals surface area contributed by atoms with Crippen LogP contribution < -0.4 is 25.0 Å². The second-order valence-corrected chi connectivity index (χ2v) is 16.5. The number of amides is 2. The Morgan fingerprint density at radius 3 is 1.69 bits per heavy atom. The molecule has 0 atom stereocenters. The van der Waals surface area contributed by atoms with E-state index < -0.39 is 11.9 Å². The lowest BCUT2D eigenvalue weighted by molar-refractivity contribution is -0.697. The summed E-state index contributed by atoms with van der Waals surface area (Å²) < 4.78 is 2.07. The lowest BCUT2D eigenvalue weighted by Crippen LogP contribution is -2.34. The minimum Gasteiger partial charge on any atom is -0.480 e. The average Bonchev–Trinajstić information content (AvgIpc) is 3.45. The van der Waals surface area contributed by atoms with Crippen molar-refractivity contribution in [1.82, 2.24) is 15.5 Å². The van der Waals surface area contributed by atoms with Gasteiger partial charge in [0.25, 0.3) is 0 Å². The highest BCUT2D eigenvalue weighted by Crippen LogP contribution is 2.20. The summed E-state index contributed by atoms with van der Waals surface area (Å²) in [4.78, 5) is 52.0. The zero-order chi connectivity index (χ0) is 42.2. The molecule has 1 aliphatic heterocycles. The normalized spacial score (nSPS) is 12.4. The molecule has 0 aliphatic carbocycles. The van der Waals surface area contributed by atoms with Crippen molar-refractivity contribution >= 4 is 74.9 Å². The largest absolute Gasteiger partial charge is 0.480 e. The molecule has 4 rings (SSSR count). The first-order valence-corrected chi connectivity index (χ1v) is 22.0. The summed E-state index contributed by atoms with van der Waals surface area (Å²) in [5.74, 6) is -0.0521. The third kappa shape index (κ3) is 18.6. The standard InChI is InChI=1S/C45H54N6O6S2/c1-48(34-44(54)55)40-17-13-37(14-18-40)10-9-36-6-3-26-50(29-21-36)27-4-7-42(52)46-24-32-58-59-33-25-47-43(53)8-5-28-51-30-22-39(23-31-51)12-11-38-15-19-41(20-16-38)49(2)35-45(56)57/h3,6,9-23,26,29-31H,4-5,7-8,24-25,27-28,32-35H2,1-2H3,(H3-,46,47,52,53,54,55,56,57)/p+1/b10-9+. The molecule has 0 radical (unpaired) electrons. The fourth-order valence-corrected chi connectivity index (χ4v) is 7.61. The van der Waals surface area contributed by atoms with E-state index in [1.807, 2.05) is 128 Å². The Morgan fingerprint density at radius 2 is 1.17 bits per heavy atom. The lowest BCUT2D eigenvalue weighted by Gasteiger charge is -2.16. The fraction of sp³-hybridized carbons (Fsp3) is 0.311. The predicted octanol–water partition coefficient (Wildman–Crippen LogP) is 6.34. The number of hydrogen-bond donors (Lipinski definition) is 4. The Morgan fingerprint density at radius 1 is 0.678 bits per heavy atom. The number of aryl methyl sites for hydroxylation is 1. The molecule has 12 nitrogen and oxygen atoms in total. The van der Waals surface area contributed by atoms with Crippen molar-refractivity contribution in [2.45, 2.75) is 32.2 Å². The topological polar surface area (TPSA) is 146 Å². The molecule has 0 saturated heterocycles. The van der Waals surface area contributed by atoms with Gasteiger partial charge < -0.3 is 35.5 Å². The number of carbonyl (C=O) groups excluding carboxylic acids is 2. The Hall–Kier alpha value is -5.73. The van der Waals surface area contributed by atoms with Crippen LogP contribution in [0.4, 0.5) is 11.4 Å². The van der Waals surface area contributed by atoms with Crippen LogP contribution in [0.2, 0.25) is 0 Å². The minimum absolute atomic E-state index is 0.0435. The second-order valence-electron chi connectivity index (χ2n) is 13.8. The molecule has 2 amide bonds. The Balaban J connectivity index is 0.977. The van der Waals surface area contributed by atoms with Gasteiger partial charge in [-0.1, -0.05) is 76.2 Å².